The number of aliphatic hydroxyl groups is 2. The van der Waals surface area contributed by atoms with Crippen LogP contribution < -0.4 is 0 Å². The first-order valence-electron chi connectivity index (χ1n) is 7.97. The van der Waals surface area contributed by atoms with E-state index in [1.807, 2.05) is 54.6 Å². The second kappa shape index (κ2) is 11.3. The van der Waals surface area contributed by atoms with Gasteiger partial charge in [-0.05, 0) is 25.5 Å². The minimum absolute atomic E-state index is 0. The predicted octanol–water partition coefficient (Wildman–Crippen LogP) is 4.44. The maximum atomic E-state index is 8.49. The summed E-state index contributed by atoms with van der Waals surface area (Å²) in [4.78, 5) is 8.87. The van der Waals surface area contributed by atoms with Crippen LogP contribution in [-0.2, 0) is 20.1 Å². The maximum absolute atomic E-state index is 8.49. The van der Waals surface area contributed by atoms with Crippen molar-refractivity contribution < 1.29 is 30.3 Å². The Morgan fingerprint density at radius 3 is 2.12 bits per heavy atom. The van der Waals surface area contributed by atoms with Gasteiger partial charge in [-0.1, -0.05) is 30.3 Å². The normalized spacial score (nSPS) is 11.6. The summed E-state index contributed by atoms with van der Waals surface area (Å²) in [6.45, 7) is 3.10. The van der Waals surface area contributed by atoms with Gasteiger partial charge in [0.15, 0.2) is 0 Å². The van der Waals surface area contributed by atoms with Crippen molar-refractivity contribution in [1.82, 2.24) is 9.97 Å². The number of hydrogen-bond acceptors (Lipinski definition) is 4. The van der Waals surface area contributed by atoms with E-state index >= 15 is 0 Å². The third-order valence-electron chi connectivity index (χ3n) is 3.19. The number of benzene rings is 2. The molecule has 137 valence electrons. The van der Waals surface area contributed by atoms with Gasteiger partial charge in [0, 0.05) is 38.2 Å². The van der Waals surface area contributed by atoms with E-state index < -0.39 is 6.10 Å². The van der Waals surface area contributed by atoms with E-state index in [2.05, 4.69) is 16.0 Å². The van der Waals surface area contributed by atoms with Gasteiger partial charge >= 0.3 is 0 Å². The van der Waals surface area contributed by atoms with Crippen LogP contribution in [-0.4, -0.2) is 26.3 Å². The van der Waals surface area contributed by atoms with E-state index in [9.17, 15) is 0 Å². The van der Waals surface area contributed by atoms with Gasteiger partial charge in [0.25, 0.3) is 0 Å². The monoisotopic (exact) mass is 526 g/mol. The van der Waals surface area contributed by atoms with Crippen LogP contribution in [0, 0.1) is 6.07 Å². The van der Waals surface area contributed by atoms with Gasteiger partial charge < -0.3 is 15.2 Å². The van der Waals surface area contributed by atoms with Crippen LogP contribution in [0.4, 0.5) is 0 Å². The van der Waals surface area contributed by atoms with Crippen molar-refractivity contribution in [1.29, 1.82) is 0 Å². The molecule has 0 saturated heterocycles. The molecule has 0 bridgehead atoms. The Hall–Kier alpha value is -2.33. The molecular formula is C21H21IrN2O2-. The molecule has 0 fully saturated rings. The van der Waals surface area contributed by atoms with Gasteiger partial charge in [-0.15, -0.1) is 35.9 Å². The van der Waals surface area contributed by atoms with Crippen LogP contribution in [0.2, 0.25) is 0 Å². The topological polar surface area (TPSA) is 66.2 Å². The Kier molecular flexibility index (Phi) is 9.45. The minimum Gasteiger partial charge on any atom is -0.513 e. The quantitative estimate of drug-likeness (QED) is 0.392. The number of allylic oxidation sites excluding steroid dienone is 1. The Balaban J connectivity index is 0.000000366. The fourth-order valence-electron chi connectivity index (χ4n) is 2.23. The number of nitrogens with zero attached hydrogens (tertiary/aromatic N) is 2. The molecule has 1 unspecified atom stereocenters. The summed E-state index contributed by atoms with van der Waals surface area (Å²) in [7, 11) is 0. The summed E-state index contributed by atoms with van der Waals surface area (Å²) in [5, 5.41) is 16.9. The third kappa shape index (κ3) is 6.88. The summed E-state index contributed by atoms with van der Waals surface area (Å²) in [6.07, 6.45) is 4.25. The van der Waals surface area contributed by atoms with Crippen LogP contribution in [0.15, 0.2) is 78.8 Å². The van der Waals surface area contributed by atoms with Crippen molar-refractivity contribution in [2.24, 2.45) is 0 Å². The van der Waals surface area contributed by atoms with E-state index in [0.29, 0.717) is 0 Å². The number of hydrogen-bond donors (Lipinski definition) is 2. The molecule has 0 amide bonds. The van der Waals surface area contributed by atoms with Crippen molar-refractivity contribution in [3.8, 4) is 22.5 Å². The predicted molar refractivity (Wildman–Crippen MR) is 99.8 cm³/mol. The van der Waals surface area contributed by atoms with Gasteiger partial charge in [0.2, 0.25) is 0 Å². The Morgan fingerprint density at radius 1 is 1.00 bits per heavy atom. The summed E-state index contributed by atoms with van der Waals surface area (Å²) < 4.78 is 0. The molecule has 1 atom stereocenters. The molecule has 2 aromatic carbocycles. The van der Waals surface area contributed by atoms with Gasteiger partial charge in [0.05, 0.1) is 17.6 Å². The molecule has 4 nitrogen and oxygen atoms in total. The van der Waals surface area contributed by atoms with Crippen molar-refractivity contribution >= 4 is 0 Å². The second-order valence-corrected chi connectivity index (χ2v) is 5.44. The molecule has 1 heterocycles. The molecule has 2 N–H and O–H groups in total. The third-order valence-corrected chi connectivity index (χ3v) is 3.19. The molecule has 3 rings (SSSR count). The van der Waals surface area contributed by atoms with Crippen LogP contribution in [0.5, 0.6) is 0 Å². The zero-order chi connectivity index (χ0) is 18.1. The second-order valence-electron chi connectivity index (χ2n) is 5.44. The fraction of sp³-hybridized carbons (Fsp3) is 0.143. The molecule has 1 aromatic heterocycles. The van der Waals surface area contributed by atoms with Gasteiger partial charge in [-0.25, -0.2) is 0 Å². The maximum Gasteiger partial charge on any atom is 0.0877 e. The summed E-state index contributed by atoms with van der Waals surface area (Å²) in [6, 6.07) is 21.1. The van der Waals surface area contributed by atoms with Crippen LogP contribution in [0.25, 0.3) is 22.5 Å². The van der Waals surface area contributed by atoms with Gasteiger partial charge in [0.1, 0.15) is 0 Å². The smallest absolute Gasteiger partial charge is 0.0877 e. The van der Waals surface area contributed by atoms with E-state index in [-0.39, 0.29) is 25.9 Å². The first-order chi connectivity index (χ1) is 12.1. The first kappa shape index (κ1) is 21.7. The van der Waals surface area contributed by atoms with E-state index in [1.165, 1.54) is 13.0 Å². The van der Waals surface area contributed by atoms with Gasteiger partial charge in [-0.2, -0.15) is 0 Å². The minimum atomic E-state index is -0.537. The Morgan fingerprint density at radius 2 is 1.62 bits per heavy atom. The first-order valence-corrected chi connectivity index (χ1v) is 7.97. The SMILES string of the molecule is C/C(O)=C/C(C)O.[Ir].[c-]1ccccc1-c1nccnc1-c1ccccc1. The van der Waals surface area contributed by atoms with E-state index in [1.54, 1.807) is 19.3 Å². The molecule has 0 aliphatic heterocycles. The molecule has 0 aliphatic rings. The molecular weight excluding hydrogens is 504 g/mol. The van der Waals surface area contributed by atoms with Crippen LogP contribution in [0.3, 0.4) is 0 Å². The molecule has 0 spiro atoms. The standard InChI is InChI=1S/C16H11N2.C5H10O2.Ir/c1-3-7-13(8-4-1)15-16(18-12-11-17-15)14-9-5-2-6-10-14;1-4(6)3-5(2)7;/h1-9,11-12H;3-4,6-7H,1-2H3;/q-1;;/b;5-3-;. The number of rotatable bonds is 3. The molecule has 0 saturated carbocycles. The van der Waals surface area contributed by atoms with Crippen LogP contribution >= 0.6 is 0 Å². The molecule has 3 aromatic rings. The fourth-order valence-corrected chi connectivity index (χ4v) is 2.23. The summed E-state index contributed by atoms with van der Waals surface area (Å²) >= 11 is 0. The summed E-state index contributed by atoms with van der Waals surface area (Å²) in [5.41, 5.74) is 3.78. The zero-order valence-corrected chi connectivity index (χ0v) is 17.0. The average Bonchev–Trinajstić information content (AvgIpc) is 2.63. The van der Waals surface area contributed by atoms with Crippen molar-refractivity contribution in [3.63, 3.8) is 0 Å². The average molecular weight is 526 g/mol. The van der Waals surface area contributed by atoms with Crippen molar-refractivity contribution in [2.75, 3.05) is 0 Å². The van der Waals surface area contributed by atoms with Crippen molar-refractivity contribution in [2.45, 2.75) is 20.0 Å². The van der Waals surface area contributed by atoms with Crippen LogP contribution in [0.1, 0.15) is 13.8 Å². The van der Waals surface area contributed by atoms with Gasteiger partial charge in [-0.3, -0.25) is 4.98 Å². The zero-order valence-electron chi connectivity index (χ0n) is 14.6. The summed E-state index contributed by atoms with van der Waals surface area (Å²) in [5.74, 6) is 0.162. The number of aliphatic hydroxyl groups excluding tert-OH is 2. The number of aromatic nitrogens is 2. The molecule has 0 aliphatic carbocycles. The molecule has 5 heteroatoms. The molecule has 26 heavy (non-hydrogen) atoms. The Labute approximate surface area is 167 Å². The Bertz CT molecular complexity index is 744. The van der Waals surface area contributed by atoms with E-state index in [4.69, 9.17) is 10.2 Å². The molecule has 1 radical (unpaired) electrons. The van der Waals surface area contributed by atoms with E-state index in [0.717, 1.165) is 22.5 Å². The largest absolute Gasteiger partial charge is 0.513 e. The van der Waals surface area contributed by atoms with Crippen molar-refractivity contribution in [3.05, 3.63) is 84.9 Å².